The Morgan fingerprint density at radius 3 is 2.40 bits per heavy atom. The van der Waals surface area contributed by atoms with Crippen LogP contribution in [0.2, 0.25) is 0 Å². The Labute approximate surface area is 93.6 Å². The highest BCUT2D eigenvalue weighted by molar-refractivity contribution is 4.86. The lowest BCUT2D eigenvalue weighted by atomic mass is 9.80. The van der Waals surface area contributed by atoms with Crippen molar-refractivity contribution in [3.8, 4) is 0 Å². The van der Waals surface area contributed by atoms with E-state index in [9.17, 15) is 0 Å². The van der Waals surface area contributed by atoms with Crippen LogP contribution in [0.5, 0.6) is 0 Å². The lowest BCUT2D eigenvalue weighted by molar-refractivity contribution is 0.103. The third-order valence-corrected chi connectivity index (χ3v) is 4.13. The first-order valence-corrected chi connectivity index (χ1v) is 6.29. The molecule has 0 radical (unpaired) electrons. The fourth-order valence-corrected chi connectivity index (χ4v) is 2.93. The van der Waals surface area contributed by atoms with Crippen molar-refractivity contribution < 1.29 is 0 Å². The summed E-state index contributed by atoms with van der Waals surface area (Å²) in [6, 6.07) is 1.32. The van der Waals surface area contributed by atoms with Crippen molar-refractivity contribution in [2.75, 3.05) is 33.7 Å². The van der Waals surface area contributed by atoms with Gasteiger partial charge in [0.2, 0.25) is 0 Å². The van der Waals surface area contributed by atoms with Gasteiger partial charge in [-0.05, 0) is 58.8 Å². The van der Waals surface area contributed by atoms with Gasteiger partial charge in [0.15, 0.2) is 0 Å². The Bertz CT molecular complexity index is 193. The molecule has 1 aliphatic carbocycles. The van der Waals surface area contributed by atoms with Crippen molar-refractivity contribution in [3.05, 3.63) is 0 Å². The van der Waals surface area contributed by atoms with Gasteiger partial charge in [0.25, 0.3) is 0 Å². The molecule has 2 N–H and O–H groups in total. The van der Waals surface area contributed by atoms with Crippen LogP contribution in [-0.4, -0.2) is 55.6 Å². The van der Waals surface area contributed by atoms with E-state index in [1.165, 1.54) is 45.3 Å². The summed E-state index contributed by atoms with van der Waals surface area (Å²) in [6.45, 7) is 3.79. The summed E-state index contributed by atoms with van der Waals surface area (Å²) in [4.78, 5) is 5.01. The largest absolute Gasteiger partial charge is 0.328 e. The van der Waals surface area contributed by atoms with Crippen molar-refractivity contribution in [2.45, 2.75) is 37.8 Å². The molecule has 88 valence electrons. The van der Waals surface area contributed by atoms with E-state index in [1.807, 2.05) is 0 Å². The lowest BCUT2D eigenvalue weighted by Crippen LogP contribution is -2.47. The van der Waals surface area contributed by atoms with Gasteiger partial charge in [0.05, 0.1) is 0 Å². The fourth-order valence-electron chi connectivity index (χ4n) is 2.93. The van der Waals surface area contributed by atoms with E-state index in [2.05, 4.69) is 23.9 Å². The topological polar surface area (TPSA) is 32.5 Å². The highest BCUT2D eigenvalue weighted by Gasteiger charge is 2.29. The second-order valence-electron chi connectivity index (χ2n) is 5.57. The van der Waals surface area contributed by atoms with Crippen LogP contribution in [0, 0.1) is 5.92 Å². The molecule has 0 aromatic heterocycles. The molecule has 3 heteroatoms. The molecule has 0 aromatic rings. The van der Waals surface area contributed by atoms with E-state index in [0.29, 0.717) is 6.04 Å². The summed E-state index contributed by atoms with van der Waals surface area (Å²) in [5, 5.41) is 0. The van der Waals surface area contributed by atoms with E-state index in [4.69, 9.17) is 5.73 Å². The zero-order valence-electron chi connectivity index (χ0n) is 10.2. The molecule has 1 aliphatic heterocycles. The molecule has 1 saturated heterocycles. The van der Waals surface area contributed by atoms with Crippen LogP contribution in [-0.2, 0) is 0 Å². The molecule has 0 bridgehead atoms. The van der Waals surface area contributed by atoms with E-state index < -0.39 is 0 Å². The van der Waals surface area contributed by atoms with Crippen LogP contribution < -0.4 is 5.73 Å². The quantitative estimate of drug-likeness (QED) is 0.748. The molecule has 2 fully saturated rings. The summed E-state index contributed by atoms with van der Waals surface area (Å²) in [7, 11) is 4.51. The smallest absolute Gasteiger partial charge is 0.0117 e. The highest BCUT2D eigenvalue weighted by Crippen LogP contribution is 2.27. The molecule has 2 rings (SSSR count). The number of nitrogens with zero attached hydrogens (tertiary/aromatic N) is 2. The lowest BCUT2D eigenvalue weighted by Gasteiger charge is -2.40. The fraction of sp³-hybridized carbons (Fsp3) is 1.00. The molecule has 0 spiro atoms. The zero-order valence-corrected chi connectivity index (χ0v) is 10.2. The third kappa shape index (κ3) is 2.92. The van der Waals surface area contributed by atoms with Gasteiger partial charge in [0.1, 0.15) is 0 Å². The molecule has 0 aromatic carbocycles. The minimum Gasteiger partial charge on any atom is -0.328 e. The maximum absolute atomic E-state index is 5.82. The van der Waals surface area contributed by atoms with Crippen LogP contribution in [0.25, 0.3) is 0 Å². The van der Waals surface area contributed by atoms with Crippen LogP contribution in [0.4, 0.5) is 0 Å². The summed E-state index contributed by atoms with van der Waals surface area (Å²) in [5.74, 6) is 0.879. The minimum atomic E-state index is 0.501. The zero-order chi connectivity index (χ0) is 10.8. The highest BCUT2D eigenvalue weighted by atomic mass is 15.2. The van der Waals surface area contributed by atoms with Crippen LogP contribution in [0.15, 0.2) is 0 Å². The number of hydrogen-bond acceptors (Lipinski definition) is 3. The predicted molar refractivity (Wildman–Crippen MR) is 63.8 cm³/mol. The SMILES string of the molecule is CN1CCC(N(C)CC2CC(N)C2)CC1. The molecule has 1 heterocycles. The molecule has 15 heavy (non-hydrogen) atoms. The second-order valence-corrected chi connectivity index (χ2v) is 5.57. The van der Waals surface area contributed by atoms with Crippen LogP contribution >= 0.6 is 0 Å². The van der Waals surface area contributed by atoms with Gasteiger partial charge in [-0.15, -0.1) is 0 Å². The molecule has 0 unspecified atom stereocenters. The maximum atomic E-state index is 5.82. The summed E-state index contributed by atoms with van der Waals surface area (Å²) >= 11 is 0. The number of rotatable bonds is 3. The third-order valence-electron chi connectivity index (χ3n) is 4.13. The van der Waals surface area contributed by atoms with Gasteiger partial charge in [-0.1, -0.05) is 0 Å². The average Bonchev–Trinajstić information content (AvgIpc) is 2.16. The first kappa shape index (κ1) is 11.4. The van der Waals surface area contributed by atoms with Crippen molar-refractivity contribution in [1.82, 2.24) is 9.80 Å². The molecule has 0 amide bonds. The molecular formula is C12H25N3. The van der Waals surface area contributed by atoms with Crippen LogP contribution in [0.3, 0.4) is 0 Å². The van der Waals surface area contributed by atoms with E-state index in [-0.39, 0.29) is 0 Å². The average molecular weight is 211 g/mol. The van der Waals surface area contributed by atoms with E-state index in [1.54, 1.807) is 0 Å². The number of likely N-dealkylation sites (tertiary alicyclic amines) is 1. The molecular weight excluding hydrogens is 186 g/mol. The van der Waals surface area contributed by atoms with Crippen molar-refractivity contribution >= 4 is 0 Å². The molecule has 0 atom stereocenters. The number of piperidine rings is 1. The van der Waals surface area contributed by atoms with Gasteiger partial charge in [-0.3, -0.25) is 0 Å². The van der Waals surface area contributed by atoms with Crippen molar-refractivity contribution in [2.24, 2.45) is 11.7 Å². The number of nitrogens with two attached hydrogens (primary N) is 1. The first-order valence-electron chi connectivity index (χ1n) is 6.29. The van der Waals surface area contributed by atoms with Gasteiger partial charge >= 0.3 is 0 Å². The molecule has 3 nitrogen and oxygen atoms in total. The Morgan fingerprint density at radius 1 is 1.27 bits per heavy atom. The van der Waals surface area contributed by atoms with Gasteiger partial charge in [-0.25, -0.2) is 0 Å². The normalized spacial score (nSPS) is 34.4. The minimum absolute atomic E-state index is 0.501. The van der Waals surface area contributed by atoms with Crippen molar-refractivity contribution in [1.29, 1.82) is 0 Å². The second kappa shape index (κ2) is 4.81. The Balaban J connectivity index is 1.69. The van der Waals surface area contributed by atoms with Gasteiger partial charge < -0.3 is 15.5 Å². The number of hydrogen-bond donors (Lipinski definition) is 1. The molecule has 1 saturated carbocycles. The Morgan fingerprint density at radius 2 is 1.87 bits per heavy atom. The predicted octanol–water partition coefficient (Wildman–Crippen LogP) is 0.750. The van der Waals surface area contributed by atoms with Gasteiger partial charge in [0, 0.05) is 18.6 Å². The summed E-state index contributed by atoms with van der Waals surface area (Å²) in [5.41, 5.74) is 5.82. The van der Waals surface area contributed by atoms with E-state index >= 15 is 0 Å². The van der Waals surface area contributed by atoms with Crippen LogP contribution in [0.1, 0.15) is 25.7 Å². The summed E-state index contributed by atoms with van der Waals surface area (Å²) < 4.78 is 0. The Hall–Kier alpha value is -0.120. The Kier molecular flexibility index (Phi) is 3.65. The maximum Gasteiger partial charge on any atom is 0.0117 e. The monoisotopic (exact) mass is 211 g/mol. The van der Waals surface area contributed by atoms with E-state index in [0.717, 1.165) is 12.0 Å². The standard InChI is InChI=1S/C12H25N3/c1-14-5-3-12(4-6-14)15(2)9-10-7-11(13)8-10/h10-12H,3-9,13H2,1-2H3. The summed E-state index contributed by atoms with van der Waals surface area (Å²) in [6.07, 6.45) is 5.17. The van der Waals surface area contributed by atoms with Gasteiger partial charge in [-0.2, -0.15) is 0 Å². The van der Waals surface area contributed by atoms with Crippen molar-refractivity contribution in [3.63, 3.8) is 0 Å². The molecule has 2 aliphatic rings. The first-order chi connectivity index (χ1) is 7.15.